The summed E-state index contributed by atoms with van der Waals surface area (Å²) in [5.74, 6) is 0. The van der Waals surface area contributed by atoms with Crippen molar-refractivity contribution in [3.63, 3.8) is 0 Å². The summed E-state index contributed by atoms with van der Waals surface area (Å²) >= 11 is 3.50. The summed E-state index contributed by atoms with van der Waals surface area (Å²) in [6.45, 7) is 0. The number of hydrogen-bond donors (Lipinski definition) is 1. The first kappa shape index (κ1) is 6.56. The fourth-order valence-corrected chi connectivity index (χ4v) is 1.56. The lowest BCUT2D eigenvalue weighted by Crippen LogP contribution is -2.17. The van der Waals surface area contributed by atoms with E-state index in [9.17, 15) is 0 Å². The Hall–Kier alpha value is 0.440. The molecule has 0 bridgehead atoms. The van der Waals surface area contributed by atoms with Gasteiger partial charge in [-0.3, -0.25) is 0 Å². The molecule has 0 saturated heterocycles. The maximum Gasteiger partial charge on any atom is 0.0541 e. The molecule has 1 rings (SSSR count). The third-order valence-corrected chi connectivity index (χ3v) is 2.54. The molecule has 0 aromatic carbocycles. The van der Waals surface area contributed by atoms with Crippen molar-refractivity contribution in [1.82, 2.24) is 0 Å². The number of halogens is 1. The molecule has 1 N–H and O–H groups in total. The second-order valence-corrected chi connectivity index (χ2v) is 3.70. The van der Waals surface area contributed by atoms with Crippen molar-refractivity contribution in [3.8, 4) is 0 Å². The van der Waals surface area contributed by atoms with Gasteiger partial charge in [0.2, 0.25) is 0 Å². The van der Waals surface area contributed by atoms with Crippen LogP contribution in [0.2, 0.25) is 0 Å². The lowest BCUT2D eigenvalue weighted by molar-refractivity contribution is 0.133. The smallest absolute Gasteiger partial charge is 0.0541 e. The molecular formula is C6H11BrO. The largest absolute Gasteiger partial charge is 0.393 e. The Labute approximate surface area is 58.2 Å². The molecule has 0 aromatic heterocycles. The van der Waals surface area contributed by atoms with E-state index in [1.807, 2.05) is 0 Å². The second kappa shape index (κ2) is 2.83. The highest BCUT2D eigenvalue weighted by Gasteiger charge is 2.15. The van der Waals surface area contributed by atoms with Gasteiger partial charge in [-0.15, -0.1) is 0 Å². The summed E-state index contributed by atoms with van der Waals surface area (Å²) < 4.78 is 0. The predicted octanol–water partition coefficient (Wildman–Crippen LogP) is 1.68. The van der Waals surface area contributed by atoms with E-state index in [2.05, 4.69) is 15.9 Å². The second-order valence-electron chi connectivity index (χ2n) is 2.41. The Morgan fingerprint density at radius 2 is 1.62 bits per heavy atom. The molecule has 0 spiro atoms. The Balaban J connectivity index is 2.19. The van der Waals surface area contributed by atoms with Gasteiger partial charge in [-0.05, 0) is 25.7 Å². The zero-order valence-electron chi connectivity index (χ0n) is 4.81. The molecule has 2 heteroatoms. The van der Waals surface area contributed by atoms with E-state index in [0.29, 0.717) is 4.83 Å². The van der Waals surface area contributed by atoms with Crippen LogP contribution in [0.3, 0.4) is 0 Å². The van der Waals surface area contributed by atoms with Gasteiger partial charge in [0.1, 0.15) is 0 Å². The van der Waals surface area contributed by atoms with Gasteiger partial charge in [0.25, 0.3) is 0 Å². The van der Waals surface area contributed by atoms with Crippen molar-refractivity contribution in [3.05, 3.63) is 0 Å². The van der Waals surface area contributed by atoms with Crippen LogP contribution >= 0.6 is 15.9 Å². The molecule has 1 aliphatic carbocycles. The van der Waals surface area contributed by atoms with Crippen molar-refractivity contribution in [2.45, 2.75) is 36.6 Å². The molecule has 0 aliphatic heterocycles. The highest BCUT2D eigenvalue weighted by atomic mass is 79.9. The van der Waals surface area contributed by atoms with Crippen molar-refractivity contribution in [1.29, 1.82) is 0 Å². The van der Waals surface area contributed by atoms with Crippen molar-refractivity contribution in [2.75, 3.05) is 0 Å². The molecule has 0 amide bonds. The fraction of sp³-hybridized carbons (Fsp3) is 1.00. The Bertz CT molecular complexity index is 56.9. The van der Waals surface area contributed by atoms with Crippen LogP contribution in [0.15, 0.2) is 0 Å². The van der Waals surface area contributed by atoms with E-state index in [-0.39, 0.29) is 6.10 Å². The van der Waals surface area contributed by atoms with Gasteiger partial charge in [-0.2, -0.15) is 0 Å². The zero-order chi connectivity index (χ0) is 5.98. The van der Waals surface area contributed by atoms with Gasteiger partial charge in [0, 0.05) is 4.83 Å². The maximum absolute atomic E-state index is 9.01. The average Bonchev–Trinajstić information content (AvgIpc) is 1.77. The van der Waals surface area contributed by atoms with Gasteiger partial charge in [-0.1, -0.05) is 15.9 Å². The van der Waals surface area contributed by atoms with Gasteiger partial charge in [0.05, 0.1) is 6.10 Å². The molecular weight excluding hydrogens is 168 g/mol. The minimum Gasteiger partial charge on any atom is -0.393 e. The molecule has 48 valence electrons. The lowest BCUT2D eigenvalue weighted by atomic mass is 9.98. The predicted molar refractivity (Wildman–Crippen MR) is 37.2 cm³/mol. The van der Waals surface area contributed by atoms with Gasteiger partial charge >= 0.3 is 0 Å². The van der Waals surface area contributed by atoms with Crippen LogP contribution in [0, 0.1) is 0 Å². The van der Waals surface area contributed by atoms with Crippen LogP contribution in [0.25, 0.3) is 0 Å². The maximum atomic E-state index is 9.01. The van der Waals surface area contributed by atoms with Crippen molar-refractivity contribution < 1.29 is 5.11 Å². The van der Waals surface area contributed by atoms with Crippen molar-refractivity contribution in [2.24, 2.45) is 0 Å². The topological polar surface area (TPSA) is 20.2 Å². The van der Waals surface area contributed by atoms with Crippen LogP contribution in [-0.2, 0) is 0 Å². The Kier molecular flexibility index (Phi) is 2.32. The average molecular weight is 179 g/mol. The third kappa shape index (κ3) is 1.75. The molecule has 1 fully saturated rings. The van der Waals surface area contributed by atoms with Crippen LogP contribution in [0.4, 0.5) is 0 Å². The van der Waals surface area contributed by atoms with Gasteiger partial charge in [0.15, 0.2) is 0 Å². The summed E-state index contributed by atoms with van der Waals surface area (Å²) in [5.41, 5.74) is 0. The summed E-state index contributed by atoms with van der Waals surface area (Å²) in [5, 5.41) is 9.01. The van der Waals surface area contributed by atoms with E-state index in [0.717, 1.165) is 25.7 Å². The molecule has 0 heterocycles. The van der Waals surface area contributed by atoms with Gasteiger partial charge < -0.3 is 5.11 Å². The summed E-state index contributed by atoms with van der Waals surface area (Å²) in [7, 11) is 0. The Morgan fingerprint density at radius 3 is 2.00 bits per heavy atom. The normalized spacial score (nSPS) is 39.8. The lowest BCUT2D eigenvalue weighted by Gasteiger charge is -2.20. The first-order valence-electron chi connectivity index (χ1n) is 3.11. The van der Waals surface area contributed by atoms with E-state index in [1.165, 1.54) is 0 Å². The fourth-order valence-electron chi connectivity index (χ4n) is 1.04. The molecule has 0 aromatic rings. The van der Waals surface area contributed by atoms with Crippen molar-refractivity contribution >= 4 is 15.9 Å². The quantitative estimate of drug-likeness (QED) is 0.561. The van der Waals surface area contributed by atoms with E-state index in [4.69, 9.17) is 5.11 Å². The molecule has 0 unspecified atom stereocenters. The molecule has 0 radical (unpaired) electrons. The number of alkyl halides is 1. The third-order valence-electron chi connectivity index (χ3n) is 1.63. The van der Waals surface area contributed by atoms with Crippen LogP contribution in [0.1, 0.15) is 25.7 Å². The SMILES string of the molecule is O[C@H]1CC[C@H](Br)CC1. The van der Waals surface area contributed by atoms with E-state index >= 15 is 0 Å². The number of hydrogen-bond acceptors (Lipinski definition) is 1. The minimum absolute atomic E-state index is 0.0104. The highest BCUT2D eigenvalue weighted by molar-refractivity contribution is 9.09. The molecule has 0 atom stereocenters. The van der Waals surface area contributed by atoms with Crippen LogP contribution in [-0.4, -0.2) is 16.0 Å². The first-order valence-corrected chi connectivity index (χ1v) is 4.03. The molecule has 1 aliphatic rings. The van der Waals surface area contributed by atoms with Crippen LogP contribution in [0.5, 0.6) is 0 Å². The number of aliphatic hydroxyl groups excluding tert-OH is 1. The molecule has 8 heavy (non-hydrogen) atoms. The summed E-state index contributed by atoms with van der Waals surface area (Å²) in [4.78, 5) is 0.672. The standard InChI is InChI=1S/C6H11BrO/c7-5-1-3-6(8)4-2-5/h5-6,8H,1-4H2/t5-,6-. The summed E-state index contributed by atoms with van der Waals surface area (Å²) in [6.07, 6.45) is 4.23. The van der Waals surface area contributed by atoms with E-state index < -0.39 is 0 Å². The monoisotopic (exact) mass is 178 g/mol. The zero-order valence-corrected chi connectivity index (χ0v) is 6.39. The first-order chi connectivity index (χ1) is 3.79. The number of aliphatic hydroxyl groups is 1. The van der Waals surface area contributed by atoms with E-state index in [1.54, 1.807) is 0 Å². The highest BCUT2D eigenvalue weighted by Crippen LogP contribution is 2.23. The number of rotatable bonds is 0. The van der Waals surface area contributed by atoms with Crippen LogP contribution < -0.4 is 0 Å². The molecule has 1 saturated carbocycles. The minimum atomic E-state index is -0.0104. The summed E-state index contributed by atoms with van der Waals surface area (Å²) in [6, 6.07) is 0. The van der Waals surface area contributed by atoms with Gasteiger partial charge in [-0.25, -0.2) is 0 Å². The molecule has 1 nitrogen and oxygen atoms in total. The Morgan fingerprint density at radius 1 is 1.12 bits per heavy atom.